The van der Waals surface area contributed by atoms with Gasteiger partial charge in [0.25, 0.3) is 0 Å². The number of allylic oxidation sites excluding steroid dienone is 1. The zero-order valence-electron chi connectivity index (χ0n) is 11.2. The molecule has 0 saturated carbocycles. The highest BCUT2D eigenvalue weighted by atomic mass is 15.1. The van der Waals surface area contributed by atoms with E-state index in [1.807, 2.05) is 79.7 Å². The average molecular weight is 248 g/mol. The molecule has 0 amide bonds. The molecule has 0 N–H and O–H groups in total. The second-order valence-electron chi connectivity index (χ2n) is 4.52. The van der Waals surface area contributed by atoms with Crippen LogP contribution in [0.5, 0.6) is 0 Å². The van der Waals surface area contributed by atoms with Crippen molar-refractivity contribution in [2.24, 2.45) is 0 Å². The van der Waals surface area contributed by atoms with E-state index >= 15 is 0 Å². The number of hydrogen-bond acceptors (Lipinski definition) is 2. The Bertz CT molecular complexity index is 602. The SMILES string of the molecule is CN(C)c1ccc(C(C#N)=Cc2ccccc2)cc1. The molecule has 2 aromatic rings. The zero-order valence-corrected chi connectivity index (χ0v) is 11.2. The molecule has 19 heavy (non-hydrogen) atoms. The third kappa shape index (κ3) is 3.23. The highest BCUT2D eigenvalue weighted by Crippen LogP contribution is 2.20. The first-order chi connectivity index (χ1) is 9.20. The van der Waals surface area contributed by atoms with Crippen LogP contribution in [0.3, 0.4) is 0 Å². The van der Waals surface area contributed by atoms with Crippen LogP contribution in [0.25, 0.3) is 11.6 Å². The molecule has 2 nitrogen and oxygen atoms in total. The minimum absolute atomic E-state index is 0.677. The fraction of sp³-hybridized carbons (Fsp3) is 0.118. The van der Waals surface area contributed by atoms with E-state index in [1.54, 1.807) is 0 Å². The lowest BCUT2D eigenvalue weighted by Gasteiger charge is -2.12. The molecule has 0 aromatic heterocycles. The van der Waals surface area contributed by atoms with Crippen LogP contribution in [0.1, 0.15) is 11.1 Å². The summed E-state index contributed by atoms with van der Waals surface area (Å²) in [6, 6.07) is 20.1. The minimum atomic E-state index is 0.677. The first kappa shape index (κ1) is 12.9. The van der Waals surface area contributed by atoms with Crippen LogP contribution in [0.2, 0.25) is 0 Å². The van der Waals surface area contributed by atoms with Crippen LogP contribution in [-0.4, -0.2) is 14.1 Å². The number of anilines is 1. The number of nitriles is 1. The summed E-state index contributed by atoms with van der Waals surface area (Å²) >= 11 is 0. The second kappa shape index (κ2) is 5.88. The van der Waals surface area contributed by atoms with Crippen molar-refractivity contribution in [3.8, 4) is 6.07 Å². The summed E-state index contributed by atoms with van der Waals surface area (Å²) in [5.41, 5.74) is 3.78. The van der Waals surface area contributed by atoms with Crippen molar-refractivity contribution in [1.29, 1.82) is 5.26 Å². The maximum absolute atomic E-state index is 9.29. The summed E-state index contributed by atoms with van der Waals surface area (Å²) in [4.78, 5) is 2.04. The smallest absolute Gasteiger partial charge is 0.0998 e. The molecule has 0 aliphatic rings. The Balaban J connectivity index is 2.33. The molecule has 0 heterocycles. The van der Waals surface area contributed by atoms with Gasteiger partial charge in [-0.15, -0.1) is 0 Å². The van der Waals surface area contributed by atoms with Crippen LogP contribution in [0.4, 0.5) is 5.69 Å². The molecule has 2 aromatic carbocycles. The van der Waals surface area contributed by atoms with Crippen molar-refractivity contribution >= 4 is 17.3 Å². The molecule has 0 aliphatic heterocycles. The van der Waals surface area contributed by atoms with Gasteiger partial charge in [-0.05, 0) is 29.3 Å². The van der Waals surface area contributed by atoms with Crippen LogP contribution in [-0.2, 0) is 0 Å². The first-order valence-electron chi connectivity index (χ1n) is 6.15. The Morgan fingerprint density at radius 3 is 2.16 bits per heavy atom. The number of rotatable bonds is 3. The Kier molecular flexibility index (Phi) is 4.00. The van der Waals surface area contributed by atoms with Crippen molar-refractivity contribution in [1.82, 2.24) is 0 Å². The van der Waals surface area contributed by atoms with E-state index < -0.39 is 0 Å². The Morgan fingerprint density at radius 2 is 1.63 bits per heavy atom. The predicted molar refractivity (Wildman–Crippen MR) is 80.7 cm³/mol. The van der Waals surface area contributed by atoms with E-state index in [-0.39, 0.29) is 0 Å². The van der Waals surface area contributed by atoms with E-state index in [0.29, 0.717) is 5.57 Å². The molecular formula is C17H16N2. The summed E-state index contributed by atoms with van der Waals surface area (Å²) in [5, 5.41) is 9.29. The van der Waals surface area contributed by atoms with Crippen LogP contribution < -0.4 is 4.90 Å². The van der Waals surface area contributed by atoms with Crippen LogP contribution >= 0.6 is 0 Å². The molecule has 0 saturated heterocycles. The third-order valence-electron chi connectivity index (χ3n) is 2.93. The van der Waals surface area contributed by atoms with Gasteiger partial charge < -0.3 is 4.90 Å². The standard InChI is InChI=1S/C17H16N2/c1-19(2)17-10-8-15(9-11-17)16(13-18)12-14-6-4-3-5-7-14/h3-12H,1-2H3. The zero-order chi connectivity index (χ0) is 13.7. The summed E-state index contributed by atoms with van der Waals surface area (Å²) < 4.78 is 0. The van der Waals surface area contributed by atoms with Gasteiger partial charge in [-0.3, -0.25) is 0 Å². The lowest BCUT2D eigenvalue weighted by atomic mass is 10.0. The quantitative estimate of drug-likeness (QED) is 0.610. The number of nitrogens with zero attached hydrogens (tertiary/aromatic N) is 2. The lowest BCUT2D eigenvalue weighted by Crippen LogP contribution is -2.08. The fourth-order valence-corrected chi connectivity index (χ4v) is 1.84. The topological polar surface area (TPSA) is 27.0 Å². The molecule has 94 valence electrons. The Hall–Kier alpha value is -2.53. The molecule has 0 aliphatic carbocycles. The van der Waals surface area contributed by atoms with E-state index in [4.69, 9.17) is 0 Å². The van der Waals surface area contributed by atoms with Gasteiger partial charge in [0.05, 0.1) is 11.6 Å². The van der Waals surface area contributed by atoms with Gasteiger partial charge in [-0.1, -0.05) is 42.5 Å². The molecule has 0 spiro atoms. The van der Waals surface area contributed by atoms with Crippen molar-refractivity contribution in [3.63, 3.8) is 0 Å². The van der Waals surface area contributed by atoms with E-state index in [1.165, 1.54) is 0 Å². The van der Waals surface area contributed by atoms with Gasteiger partial charge in [-0.2, -0.15) is 5.26 Å². The highest BCUT2D eigenvalue weighted by Gasteiger charge is 2.02. The van der Waals surface area contributed by atoms with Crippen molar-refractivity contribution in [2.75, 3.05) is 19.0 Å². The fourth-order valence-electron chi connectivity index (χ4n) is 1.84. The van der Waals surface area contributed by atoms with Gasteiger partial charge in [0.2, 0.25) is 0 Å². The average Bonchev–Trinajstić information content (AvgIpc) is 2.46. The molecule has 0 fully saturated rings. The third-order valence-corrected chi connectivity index (χ3v) is 2.93. The van der Waals surface area contributed by atoms with Crippen LogP contribution in [0, 0.1) is 11.3 Å². The van der Waals surface area contributed by atoms with Gasteiger partial charge in [0.15, 0.2) is 0 Å². The molecular weight excluding hydrogens is 232 g/mol. The van der Waals surface area contributed by atoms with Crippen LogP contribution in [0.15, 0.2) is 54.6 Å². The van der Waals surface area contributed by atoms with Gasteiger partial charge >= 0.3 is 0 Å². The van der Waals surface area contributed by atoms with Crippen molar-refractivity contribution in [3.05, 3.63) is 65.7 Å². The molecule has 2 rings (SSSR count). The molecule has 2 heteroatoms. The Morgan fingerprint density at radius 1 is 1.00 bits per heavy atom. The van der Waals surface area contributed by atoms with Gasteiger partial charge in [0, 0.05) is 19.8 Å². The molecule has 0 unspecified atom stereocenters. The summed E-state index contributed by atoms with van der Waals surface area (Å²) in [7, 11) is 4.00. The van der Waals surface area contributed by atoms with Gasteiger partial charge in [0.1, 0.15) is 0 Å². The summed E-state index contributed by atoms with van der Waals surface area (Å²) in [6.07, 6.45) is 1.91. The summed E-state index contributed by atoms with van der Waals surface area (Å²) in [6.45, 7) is 0. The summed E-state index contributed by atoms with van der Waals surface area (Å²) in [5.74, 6) is 0. The monoisotopic (exact) mass is 248 g/mol. The number of benzene rings is 2. The second-order valence-corrected chi connectivity index (χ2v) is 4.52. The molecule has 0 radical (unpaired) electrons. The predicted octanol–water partition coefficient (Wildman–Crippen LogP) is 3.82. The maximum atomic E-state index is 9.29. The van der Waals surface area contributed by atoms with Crippen molar-refractivity contribution in [2.45, 2.75) is 0 Å². The Labute approximate surface area is 114 Å². The number of hydrogen-bond donors (Lipinski definition) is 0. The van der Waals surface area contributed by atoms with E-state index in [2.05, 4.69) is 6.07 Å². The largest absolute Gasteiger partial charge is 0.378 e. The van der Waals surface area contributed by atoms with Gasteiger partial charge in [-0.25, -0.2) is 0 Å². The lowest BCUT2D eigenvalue weighted by molar-refractivity contribution is 1.13. The van der Waals surface area contributed by atoms with Crippen molar-refractivity contribution < 1.29 is 0 Å². The normalized spacial score (nSPS) is 10.9. The van der Waals surface area contributed by atoms with E-state index in [0.717, 1.165) is 16.8 Å². The molecule has 0 bridgehead atoms. The molecule has 0 atom stereocenters. The van der Waals surface area contributed by atoms with E-state index in [9.17, 15) is 5.26 Å². The first-order valence-corrected chi connectivity index (χ1v) is 6.15. The highest BCUT2D eigenvalue weighted by molar-refractivity contribution is 5.89. The maximum Gasteiger partial charge on any atom is 0.0998 e. The minimum Gasteiger partial charge on any atom is -0.378 e.